The molecule has 0 saturated carbocycles. The fourth-order valence-corrected chi connectivity index (χ4v) is 4.59. The van der Waals surface area contributed by atoms with Crippen molar-refractivity contribution in [3.05, 3.63) is 99.0 Å². The number of carbonyl (C=O) groups excluding carboxylic acids is 1. The van der Waals surface area contributed by atoms with Crippen LogP contribution in [0.25, 0.3) is 10.9 Å². The van der Waals surface area contributed by atoms with Crippen molar-refractivity contribution in [3.63, 3.8) is 0 Å². The monoisotopic (exact) mass is 499 g/mol. The van der Waals surface area contributed by atoms with Crippen LogP contribution in [-0.2, 0) is 16.3 Å². The maximum absolute atomic E-state index is 12.9. The second-order valence-electron chi connectivity index (χ2n) is 7.57. The lowest BCUT2D eigenvalue weighted by Gasteiger charge is -2.13. The maximum atomic E-state index is 12.9. The molecule has 0 spiro atoms. The van der Waals surface area contributed by atoms with Gasteiger partial charge in [-0.15, -0.1) is 0 Å². The predicted molar refractivity (Wildman–Crippen MR) is 131 cm³/mol. The number of benzene rings is 3. The van der Waals surface area contributed by atoms with E-state index in [1.807, 2.05) is 0 Å². The lowest BCUT2D eigenvalue weighted by Crippen LogP contribution is -2.03. The highest BCUT2D eigenvalue weighted by atomic mass is 35.5. The first-order chi connectivity index (χ1) is 15.7. The Labute approximate surface area is 201 Å². The molecule has 33 heavy (non-hydrogen) atoms. The van der Waals surface area contributed by atoms with Crippen molar-refractivity contribution in [1.82, 2.24) is 4.98 Å². The number of rotatable bonds is 6. The Morgan fingerprint density at radius 1 is 0.939 bits per heavy atom. The van der Waals surface area contributed by atoms with Gasteiger partial charge in [-0.3, -0.25) is 4.79 Å². The van der Waals surface area contributed by atoms with Gasteiger partial charge >= 0.3 is 0 Å². The summed E-state index contributed by atoms with van der Waals surface area (Å²) in [6, 6.07) is 18.4. The molecule has 0 aliphatic rings. The zero-order valence-electron chi connectivity index (χ0n) is 17.8. The highest BCUT2D eigenvalue weighted by Gasteiger charge is 2.18. The van der Waals surface area contributed by atoms with Gasteiger partial charge in [0, 0.05) is 39.8 Å². The van der Waals surface area contributed by atoms with Crippen LogP contribution in [0.4, 0.5) is 0 Å². The predicted octanol–water partition coefficient (Wildman–Crippen LogP) is 5.78. The normalized spacial score (nSPS) is 11.5. The Hall–Kier alpha value is -2.93. The van der Waals surface area contributed by atoms with E-state index in [1.165, 1.54) is 7.11 Å². The summed E-state index contributed by atoms with van der Waals surface area (Å²) in [5.41, 5.74) is 3.08. The van der Waals surface area contributed by atoms with E-state index in [1.54, 1.807) is 66.7 Å². The maximum Gasteiger partial charge on any atom is 0.218 e. The molecule has 4 rings (SSSR count). The van der Waals surface area contributed by atoms with Gasteiger partial charge in [-0.05, 0) is 60.2 Å². The number of sulfone groups is 1. The van der Waals surface area contributed by atoms with Crippen LogP contribution in [0.2, 0.25) is 10.0 Å². The second kappa shape index (κ2) is 9.14. The van der Waals surface area contributed by atoms with E-state index in [0.29, 0.717) is 49.9 Å². The molecule has 0 fully saturated rings. The van der Waals surface area contributed by atoms with Crippen molar-refractivity contribution in [2.75, 3.05) is 13.4 Å². The van der Waals surface area contributed by atoms with Crippen molar-refractivity contribution in [2.24, 2.45) is 0 Å². The van der Waals surface area contributed by atoms with Crippen LogP contribution in [-0.4, -0.2) is 32.6 Å². The van der Waals surface area contributed by atoms with Gasteiger partial charge in [0.15, 0.2) is 15.6 Å². The van der Waals surface area contributed by atoms with Crippen LogP contribution in [0, 0.1) is 0 Å². The number of halogens is 2. The van der Waals surface area contributed by atoms with Crippen LogP contribution in [0.15, 0.2) is 71.6 Å². The van der Waals surface area contributed by atoms with Crippen LogP contribution in [0.5, 0.6) is 5.88 Å². The number of nitrogens with zero attached hydrogens (tertiary/aromatic N) is 1. The number of ether oxygens (including phenoxy) is 1. The number of hydrogen-bond donors (Lipinski definition) is 0. The fraction of sp³-hybridized carbons (Fsp3) is 0.120. The molecule has 0 aliphatic carbocycles. The quantitative estimate of drug-likeness (QED) is 0.314. The SMILES string of the molecule is COc1nc2ccc(C(=O)c3ccc(Cl)cc3)cc2c(Cl)c1Cc1ccc(S(C)(=O)=O)cc1. The molecule has 0 saturated heterocycles. The number of ketones is 1. The first-order valence-corrected chi connectivity index (χ1v) is 12.6. The summed E-state index contributed by atoms with van der Waals surface area (Å²) >= 11 is 12.7. The molecule has 3 aromatic carbocycles. The summed E-state index contributed by atoms with van der Waals surface area (Å²) in [5, 5.41) is 1.61. The highest BCUT2D eigenvalue weighted by molar-refractivity contribution is 7.90. The summed E-state index contributed by atoms with van der Waals surface area (Å²) in [6.45, 7) is 0. The molecule has 8 heteroatoms. The van der Waals surface area contributed by atoms with Gasteiger partial charge in [0.05, 0.1) is 22.5 Å². The highest BCUT2D eigenvalue weighted by Crippen LogP contribution is 2.35. The zero-order chi connectivity index (χ0) is 23.8. The smallest absolute Gasteiger partial charge is 0.218 e. The average Bonchev–Trinajstić information content (AvgIpc) is 2.80. The van der Waals surface area contributed by atoms with E-state index in [9.17, 15) is 13.2 Å². The molecule has 168 valence electrons. The Bertz CT molecular complexity index is 1470. The summed E-state index contributed by atoms with van der Waals surface area (Å²) in [7, 11) is -1.77. The van der Waals surface area contributed by atoms with Gasteiger partial charge in [0.1, 0.15) is 0 Å². The number of carbonyl (C=O) groups is 1. The lowest BCUT2D eigenvalue weighted by molar-refractivity contribution is 0.103. The molecule has 0 bridgehead atoms. The molecule has 1 aromatic heterocycles. The minimum absolute atomic E-state index is 0.154. The summed E-state index contributed by atoms with van der Waals surface area (Å²) in [5.74, 6) is 0.217. The molecule has 0 N–H and O–H groups in total. The fourth-order valence-electron chi connectivity index (χ4n) is 3.53. The standard InChI is InChI=1S/C25H19Cl2NO4S/c1-32-25-21(13-15-3-10-19(11-4-15)33(2,30)31)23(27)20-14-17(7-12-22(20)28-25)24(29)16-5-8-18(26)9-6-16/h3-12,14H,13H2,1-2H3. The molecule has 4 aromatic rings. The number of hydrogen-bond acceptors (Lipinski definition) is 5. The van der Waals surface area contributed by atoms with Gasteiger partial charge in [-0.2, -0.15) is 0 Å². The number of pyridine rings is 1. The van der Waals surface area contributed by atoms with Crippen molar-refractivity contribution >= 4 is 49.7 Å². The molecule has 0 amide bonds. The van der Waals surface area contributed by atoms with E-state index < -0.39 is 9.84 Å². The summed E-state index contributed by atoms with van der Waals surface area (Å²) in [6.07, 6.45) is 1.54. The third kappa shape index (κ3) is 4.88. The average molecular weight is 500 g/mol. The van der Waals surface area contributed by atoms with Gasteiger partial charge in [0.25, 0.3) is 0 Å². The first-order valence-electron chi connectivity index (χ1n) is 9.93. The molecule has 0 aliphatic heterocycles. The van der Waals surface area contributed by atoms with E-state index in [-0.39, 0.29) is 10.7 Å². The van der Waals surface area contributed by atoms with E-state index >= 15 is 0 Å². The van der Waals surface area contributed by atoms with Gasteiger partial charge in [-0.25, -0.2) is 13.4 Å². The minimum Gasteiger partial charge on any atom is -0.481 e. The number of fused-ring (bicyclic) bond motifs is 1. The third-order valence-corrected chi connectivity index (χ3v) is 7.08. The van der Waals surface area contributed by atoms with Crippen molar-refractivity contribution in [3.8, 4) is 5.88 Å². The van der Waals surface area contributed by atoms with Crippen molar-refractivity contribution < 1.29 is 17.9 Å². The Kier molecular flexibility index (Phi) is 6.43. The molecule has 5 nitrogen and oxygen atoms in total. The Balaban J connectivity index is 1.75. The first kappa shape index (κ1) is 23.2. The van der Waals surface area contributed by atoms with Gasteiger partial charge in [-0.1, -0.05) is 35.3 Å². The van der Waals surface area contributed by atoms with Crippen molar-refractivity contribution in [1.29, 1.82) is 0 Å². The Morgan fingerprint density at radius 3 is 2.18 bits per heavy atom. The van der Waals surface area contributed by atoms with Crippen molar-refractivity contribution in [2.45, 2.75) is 11.3 Å². The lowest BCUT2D eigenvalue weighted by atomic mass is 9.99. The van der Waals surface area contributed by atoms with Gasteiger partial charge < -0.3 is 4.74 Å². The topological polar surface area (TPSA) is 73.3 Å². The molecule has 0 atom stereocenters. The Morgan fingerprint density at radius 2 is 1.58 bits per heavy atom. The second-order valence-corrected chi connectivity index (χ2v) is 10.4. The van der Waals surface area contributed by atoms with Crippen LogP contribution >= 0.6 is 23.2 Å². The molecular formula is C25H19Cl2NO4S. The molecule has 0 unspecified atom stereocenters. The summed E-state index contributed by atoms with van der Waals surface area (Å²) in [4.78, 5) is 17.7. The number of methoxy groups -OCH3 is 1. The largest absolute Gasteiger partial charge is 0.481 e. The minimum atomic E-state index is -3.28. The van der Waals surface area contributed by atoms with E-state index in [0.717, 1.165) is 11.8 Å². The summed E-state index contributed by atoms with van der Waals surface area (Å²) < 4.78 is 28.9. The zero-order valence-corrected chi connectivity index (χ0v) is 20.1. The molecule has 0 radical (unpaired) electrons. The van der Waals surface area contributed by atoms with Crippen LogP contribution in [0.1, 0.15) is 27.0 Å². The third-order valence-electron chi connectivity index (χ3n) is 5.27. The van der Waals surface area contributed by atoms with Crippen LogP contribution < -0.4 is 4.74 Å². The van der Waals surface area contributed by atoms with E-state index in [4.69, 9.17) is 27.9 Å². The van der Waals surface area contributed by atoms with E-state index in [2.05, 4.69) is 4.98 Å². The number of aromatic nitrogens is 1. The molecule has 1 heterocycles. The van der Waals surface area contributed by atoms with Gasteiger partial charge in [0.2, 0.25) is 5.88 Å². The van der Waals surface area contributed by atoms with Crippen LogP contribution in [0.3, 0.4) is 0 Å². The molecular weight excluding hydrogens is 481 g/mol.